The third kappa shape index (κ3) is 6.29. The molecule has 2 aromatic heterocycles. The molecule has 1 saturated heterocycles. The SMILES string of the molecule is CC[C@H](NC(=O)[C@@H]1C[C@@](C)(CC(=O)Nc2ccccn2)c2ncc(NCc3cccc(C(F)(F)F)c3)c(=O)n21)B1O[C@@H]2C[C@@H]3C[C@@H](C3(C)C)[C@]2(C)O1. The van der Waals surface area contributed by atoms with E-state index in [9.17, 15) is 27.6 Å². The molecule has 0 unspecified atom stereocenters. The lowest BCUT2D eigenvalue weighted by atomic mass is 9.43. The third-order valence-corrected chi connectivity index (χ3v) is 12.1. The number of halogens is 3. The molecule has 3 aromatic rings. The lowest BCUT2D eigenvalue weighted by molar-refractivity contribution is -0.199. The van der Waals surface area contributed by atoms with Gasteiger partial charge in [-0.25, -0.2) is 9.97 Å². The second-order valence-corrected chi connectivity index (χ2v) is 15.8. The molecule has 1 aromatic carbocycles. The molecule has 5 aliphatic rings. The number of aromatic nitrogens is 3. The van der Waals surface area contributed by atoms with Crippen molar-refractivity contribution in [2.45, 2.75) is 109 Å². The zero-order chi connectivity index (χ0) is 37.2. The van der Waals surface area contributed by atoms with Gasteiger partial charge >= 0.3 is 13.3 Å². The number of carbonyl (C=O) groups excluding carboxylic acids is 2. The molecule has 0 radical (unpaired) electrons. The Kier molecular flexibility index (Phi) is 9.04. The molecule has 15 heteroatoms. The summed E-state index contributed by atoms with van der Waals surface area (Å²) < 4.78 is 54.5. The maximum atomic E-state index is 14.3. The van der Waals surface area contributed by atoms with E-state index < -0.39 is 53.3 Å². The van der Waals surface area contributed by atoms with Gasteiger partial charge in [-0.1, -0.05) is 45.9 Å². The Morgan fingerprint density at radius 2 is 1.88 bits per heavy atom. The van der Waals surface area contributed by atoms with Crippen LogP contribution in [0.15, 0.2) is 59.7 Å². The Morgan fingerprint density at radius 1 is 1.10 bits per heavy atom. The number of anilines is 2. The molecule has 8 rings (SSSR count). The van der Waals surface area contributed by atoms with Gasteiger partial charge in [0.15, 0.2) is 0 Å². The van der Waals surface area contributed by atoms with Gasteiger partial charge in [-0.3, -0.25) is 19.0 Å². The number of rotatable bonds is 10. The van der Waals surface area contributed by atoms with Crippen molar-refractivity contribution in [1.82, 2.24) is 19.9 Å². The lowest BCUT2D eigenvalue weighted by Crippen LogP contribution is -2.65. The van der Waals surface area contributed by atoms with Crippen LogP contribution in [0, 0.1) is 17.3 Å². The summed E-state index contributed by atoms with van der Waals surface area (Å²) in [5.41, 5.74) is -2.42. The Bertz CT molecular complexity index is 1930. The number of nitrogens with zero attached hydrogens (tertiary/aromatic N) is 3. The van der Waals surface area contributed by atoms with E-state index in [1.165, 1.54) is 22.9 Å². The number of fused-ring (bicyclic) bond motifs is 1. The zero-order valence-corrected chi connectivity index (χ0v) is 29.9. The molecule has 3 saturated carbocycles. The van der Waals surface area contributed by atoms with Gasteiger partial charge in [0.1, 0.15) is 23.4 Å². The Balaban J connectivity index is 1.14. The fourth-order valence-corrected chi connectivity index (χ4v) is 9.04. The first-order chi connectivity index (χ1) is 24.5. The summed E-state index contributed by atoms with van der Waals surface area (Å²) in [7, 11) is -0.675. The van der Waals surface area contributed by atoms with E-state index in [4.69, 9.17) is 9.31 Å². The van der Waals surface area contributed by atoms with E-state index in [1.807, 2.05) is 6.92 Å². The van der Waals surface area contributed by atoms with E-state index in [0.717, 1.165) is 25.0 Å². The van der Waals surface area contributed by atoms with Crippen LogP contribution in [0.1, 0.15) is 89.7 Å². The van der Waals surface area contributed by atoms with Crippen molar-refractivity contribution in [3.05, 3.63) is 82.2 Å². The first-order valence-corrected chi connectivity index (χ1v) is 17.9. The second kappa shape index (κ2) is 13.0. The van der Waals surface area contributed by atoms with Crippen LogP contribution in [-0.2, 0) is 37.0 Å². The van der Waals surface area contributed by atoms with Gasteiger partial charge in [-0.15, -0.1) is 0 Å². The predicted molar refractivity (Wildman–Crippen MR) is 188 cm³/mol. The number of amides is 2. The molecule has 4 fully saturated rings. The minimum absolute atomic E-state index is 0.00857. The Labute approximate surface area is 300 Å². The molecule has 52 heavy (non-hydrogen) atoms. The Morgan fingerprint density at radius 3 is 2.58 bits per heavy atom. The largest absolute Gasteiger partial charge is 0.481 e. The average molecular weight is 721 g/mol. The van der Waals surface area contributed by atoms with Crippen molar-refractivity contribution in [1.29, 1.82) is 0 Å². The summed E-state index contributed by atoms with van der Waals surface area (Å²) in [5, 5.41) is 8.81. The summed E-state index contributed by atoms with van der Waals surface area (Å²) in [6, 6.07) is 8.89. The lowest BCUT2D eigenvalue weighted by Gasteiger charge is -2.64. The normalized spacial score (nSPS) is 29.0. The van der Waals surface area contributed by atoms with Gasteiger partial charge in [0.2, 0.25) is 11.8 Å². The van der Waals surface area contributed by atoms with Crippen molar-refractivity contribution >= 4 is 30.4 Å². The van der Waals surface area contributed by atoms with Gasteiger partial charge < -0.3 is 25.3 Å². The molecule has 276 valence electrons. The monoisotopic (exact) mass is 720 g/mol. The first kappa shape index (κ1) is 36.1. The number of hydrogen-bond donors (Lipinski definition) is 3. The van der Waals surface area contributed by atoms with Crippen molar-refractivity contribution < 1.29 is 32.1 Å². The molecule has 4 heterocycles. The number of carbonyl (C=O) groups is 2. The molecular weight excluding hydrogens is 676 g/mol. The second-order valence-electron chi connectivity index (χ2n) is 15.8. The number of benzene rings is 1. The average Bonchev–Trinajstić information content (AvgIpc) is 3.61. The van der Waals surface area contributed by atoms with Crippen LogP contribution in [0.5, 0.6) is 0 Å². The van der Waals surface area contributed by atoms with Gasteiger partial charge in [0.25, 0.3) is 5.56 Å². The number of pyridine rings is 1. The van der Waals surface area contributed by atoms with Crippen LogP contribution in [0.2, 0.25) is 0 Å². The summed E-state index contributed by atoms with van der Waals surface area (Å²) >= 11 is 0. The molecule has 2 aliphatic heterocycles. The highest BCUT2D eigenvalue weighted by Crippen LogP contribution is 2.65. The highest BCUT2D eigenvalue weighted by atomic mass is 19.4. The fourth-order valence-electron chi connectivity index (χ4n) is 9.04. The van der Waals surface area contributed by atoms with E-state index in [2.05, 4.69) is 46.7 Å². The third-order valence-electron chi connectivity index (χ3n) is 12.1. The molecule has 11 nitrogen and oxygen atoms in total. The smallest absolute Gasteiger partial charge is 0.404 e. The number of hydrogen-bond acceptors (Lipinski definition) is 8. The van der Waals surface area contributed by atoms with E-state index in [0.29, 0.717) is 29.6 Å². The zero-order valence-electron chi connectivity index (χ0n) is 29.9. The van der Waals surface area contributed by atoms with Crippen molar-refractivity contribution in [2.75, 3.05) is 10.6 Å². The minimum atomic E-state index is -4.52. The van der Waals surface area contributed by atoms with Crippen molar-refractivity contribution in [3.63, 3.8) is 0 Å². The highest BCUT2D eigenvalue weighted by Gasteiger charge is 2.68. The summed E-state index contributed by atoms with van der Waals surface area (Å²) in [4.78, 5) is 50.5. The topological polar surface area (TPSA) is 136 Å². The van der Waals surface area contributed by atoms with Crippen LogP contribution in [0.4, 0.5) is 24.7 Å². The molecular formula is C37H44BF3N6O5. The van der Waals surface area contributed by atoms with Crippen LogP contribution in [0.3, 0.4) is 0 Å². The Hall–Kier alpha value is -4.24. The van der Waals surface area contributed by atoms with Crippen LogP contribution < -0.4 is 21.5 Å². The maximum absolute atomic E-state index is 14.3. The number of alkyl halides is 3. The van der Waals surface area contributed by atoms with Gasteiger partial charge in [-0.2, -0.15) is 13.2 Å². The maximum Gasteiger partial charge on any atom is 0.481 e. The fraction of sp³-hybridized carbons (Fsp3) is 0.541. The molecule has 7 atom stereocenters. The van der Waals surface area contributed by atoms with Crippen LogP contribution >= 0.6 is 0 Å². The summed E-state index contributed by atoms with van der Waals surface area (Å²) in [6.45, 7) is 10.3. The quantitative estimate of drug-likeness (QED) is 0.229. The number of nitrogens with one attached hydrogen (secondary N) is 3. The van der Waals surface area contributed by atoms with Gasteiger partial charge in [0, 0.05) is 24.6 Å². The molecule has 3 aliphatic carbocycles. The minimum Gasteiger partial charge on any atom is -0.404 e. The molecule has 0 spiro atoms. The van der Waals surface area contributed by atoms with Crippen molar-refractivity contribution in [3.8, 4) is 0 Å². The molecule has 3 N–H and O–H groups in total. The van der Waals surface area contributed by atoms with E-state index in [1.54, 1.807) is 31.3 Å². The van der Waals surface area contributed by atoms with Gasteiger partial charge in [0.05, 0.1) is 29.4 Å². The molecule has 2 amide bonds. The van der Waals surface area contributed by atoms with Crippen molar-refractivity contribution in [2.24, 2.45) is 17.3 Å². The predicted octanol–water partition coefficient (Wildman–Crippen LogP) is 5.66. The standard InChI is InChI=1S/C37H44BF3N6O5/c1-6-28(38-51-27-16-23-15-26(34(23,2)3)36(27,5)52-38)45-31(49)25-17-35(4,18-30(48)46-29-12-7-8-13-42-29)33-44-20-24(32(50)47(25)33)43-19-21-10-9-11-22(14-21)37(39,40)41/h7-14,20,23,25-28,43H,6,15-19H2,1-5H3,(H,45,49)(H,42,46,48)/t23-,25-,26-,27+,28-,35-,36-/m0/s1. The van der Waals surface area contributed by atoms with E-state index >= 15 is 0 Å². The molecule has 2 bridgehead atoms. The highest BCUT2D eigenvalue weighted by molar-refractivity contribution is 6.47. The van der Waals surface area contributed by atoms with Gasteiger partial charge in [-0.05, 0) is 79.7 Å². The van der Waals surface area contributed by atoms with Crippen LogP contribution in [0.25, 0.3) is 0 Å². The van der Waals surface area contributed by atoms with Crippen LogP contribution in [-0.4, -0.2) is 51.1 Å². The van der Waals surface area contributed by atoms with E-state index in [-0.39, 0.29) is 48.3 Å². The summed E-state index contributed by atoms with van der Waals surface area (Å²) in [6.07, 6.45) is 0.751. The first-order valence-electron chi connectivity index (χ1n) is 17.9. The summed E-state index contributed by atoms with van der Waals surface area (Å²) in [5.74, 6) is 0.188.